The van der Waals surface area contributed by atoms with Crippen molar-refractivity contribution in [2.75, 3.05) is 0 Å². The van der Waals surface area contributed by atoms with Gasteiger partial charge in [0.1, 0.15) is 0 Å². The molecule has 2 aromatic rings. The van der Waals surface area contributed by atoms with Crippen LogP contribution in [0.5, 0.6) is 0 Å². The minimum atomic E-state index is 0.140. The first-order valence-electron chi connectivity index (χ1n) is 7.20. The molecule has 2 heteroatoms. The molecule has 0 spiro atoms. The van der Waals surface area contributed by atoms with Gasteiger partial charge >= 0.3 is 0 Å². The van der Waals surface area contributed by atoms with Crippen molar-refractivity contribution in [2.45, 2.75) is 25.9 Å². The lowest BCUT2D eigenvalue weighted by molar-refractivity contribution is -0.158. The van der Waals surface area contributed by atoms with E-state index in [-0.39, 0.29) is 17.9 Å². The van der Waals surface area contributed by atoms with E-state index in [0.717, 1.165) is 6.42 Å². The van der Waals surface area contributed by atoms with Gasteiger partial charge in [-0.3, -0.25) is 4.79 Å². The minimum absolute atomic E-state index is 0.140. The monoisotopic (exact) mass is 265 g/mol. The molecule has 1 aliphatic rings. The van der Waals surface area contributed by atoms with Crippen LogP contribution in [0.2, 0.25) is 0 Å². The van der Waals surface area contributed by atoms with Crippen LogP contribution < -0.4 is 0 Å². The van der Waals surface area contributed by atoms with Crippen LogP contribution in [0.3, 0.4) is 0 Å². The van der Waals surface area contributed by atoms with Crippen molar-refractivity contribution in [2.24, 2.45) is 5.92 Å². The Bertz CT molecular complexity index is 579. The van der Waals surface area contributed by atoms with Crippen molar-refractivity contribution in [1.82, 2.24) is 4.90 Å². The molecule has 1 saturated heterocycles. The number of β-lactam (4-membered cyclic amide) rings is 1. The van der Waals surface area contributed by atoms with Crippen LogP contribution in [-0.4, -0.2) is 10.8 Å². The van der Waals surface area contributed by atoms with Crippen LogP contribution in [0.15, 0.2) is 60.7 Å². The first kappa shape index (κ1) is 12.9. The summed E-state index contributed by atoms with van der Waals surface area (Å²) in [6.45, 7) is 2.80. The Balaban J connectivity index is 1.84. The number of amides is 1. The summed E-state index contributed by atoms with van der Waals surface area (Å²) in [5.41, 5.74) is 2.44. The second-order valence-corrected chi connectivity index (χ2v) is 5.32. The zero-order valence-electron chi connectivity index (χ0n) is 11.7. The predicted molar refractivity (Wildman–Crippen MR) is 80.0 cm³/mol. The number of likely N-dealkylation sites (tertiary alicyclic amines) is 1. The third-order valence-corrected chi connectivity index (χ3v) is 4.09. The van der Waals surface area contributed by atoms with E-state index in [2.05, 4.69) is 31.2 Å². The van der Waals surface area contributed by atoms with Gasteiger partial charge in [-0.15, -0.1) is 0 Å². The average molecular weight is 265 g/mol. The van der Waals surface area contributed by atoms with E-state index >= 15 is 0 Å². The summed E-state index contributed by atoms with van der Waals surface area (Å²) in [6, 6.07) is 20.8. The average Bonchev–Trinajstić information content (AvgIpc) is 2.51. The molecular formula is C18H19NO. The fourth-order valence-electron chi connectivity index (χ4n) is 3.04. The molecule has 0 N–H and O–H groups in total. The van der Waals surface area contributed by atoms with Crippen molar-refractivity contribution in [3.05, 3.63) is 71.8 Å². The second kappa shape index (κ2) is 5.49. The zero-order valence-corrected chi connectivity index (χ0v) is 11.7. The highest BCUT2D eigenvalue weighted by Crippen LogP contribution is 2.42. The summed E-state index contributed by atoms with van der Waals surface area (Å²) in [5, 5.41) is 0. The van der Waals surface area contributed by atoms with Crippen molar-refractivity contribution >= 4 is 5.91 Å². The lowest BCUT2D eigenvalue weighted by Gasteiger charge is -2.47. The number of rotatable bonds is 4. The molecule has 1 amide bonds. The van der Waals surface area contributed by atoms with Crippen LogP contribution in [0, 0.1) is 5.92 Å². The van der Waals surface area contributed by atoms with Gasteiger partial charge in [-0.1, -0.05) is 67.6 Å². The van der Waals surface area contributed by atoms with Crippen LogP contribution in [0.25, 0.3) is 0 Å². The van der Waals surface area contributed by atoms with Gasteiger partial charge in [0.2, 0.25) is 5.91 Å². The Hall–Kier alpha value is -2.09. The maximum Gasteiger partial charge on any atom is 0.228 e. The zero-order chi connectivity index (χ0) is 13.9. The molecule has 0 aromatic heterocycles. The molecule has 3 rings (SSSR count). The van der Waals surface area contributed by atoms with Crippen LogP contribution in [0.1, 0.15) is 30.5 Å². The highest BCUT2D eigenvalue weighted by Gasteiger charge is 2.46. The molecule has 0 bridgehead atoms. The highest BCUT2D eigenvalue weighted by atomic mass is 16.2. The first-order chi connectivity index (χ1) is 9.81. The lowest BCUT2D eigenvalue weighted by atomic mass is 9.80. The molecule has 0 radical (unpaired) electrons. The van der Waals surface area contributed by atoms with Gasteiger partial charge in [-0.05, 0) is 17.5 Å². The van der Waals surface area contributed by atoms with Gasteiger partial charge in [0, 0.05) is 6.54 Å². The smallest absolute Gasteiger partial charge is 0.228 e. The van der Waals surface area contributed by atoms with E-state index in [4.69, 9.17) is 0 Å². The second-order valence-electron chi connectivity index (χ2n) is 5.32. The number of carbonyl (C=O) groups is 1. The number of hydrogen-bond acceptors (Lipinski definition) is 1. The number of carbonyl (C=O) groups excluding carboxylic acids is 1. The highest BCUT2D eigenvalue weighted by molar-refractivity contribution is 5.86. The van der Waals surface area contributed by atoms with Crippen molar-refractivity contribution in [1.29, 1.82) is 0 Å². The Morgan fingerprint density at radius 1 is 0.950 bits per heavy atom. The molecule has 0 unspecified atom stereocenters. The SMILES string of the molecule is CC[C@@H]1C(=O)N(Cc2ccccc2)[C@@H]1c1ccccc1. The Labute approximate surface area is 120 Å². The summed E-state index contributed by atoms with van der Waals surface area (Å²) in [6.07, 6.45) is 0.906. The summed E-state index contributed by atoms with van der Waals surface area (Å²) < 4.78 is 0. The van der Waals surface area contributed by atoms with Crippen LogP contribution in [-0.2, 0) is 11.3 Å². The largest absolute Gasteiger partial charge is 0.330 e. The van der Waals surface area contributed by atoms with Crippen molar-refractivity contribution < 1.29 is 4.79 Å². The van der Waals surface area contributed by atoms with Crippen LogP contribution >= 0.6 is 0 Å². The van der Waals surface area contributed by atoms with Gasteiger partial charge in [0.15, 0.2) is 0 Å². The molecule has 102 valence electrons. The van der Waals surface area contributed by atoms with Gasteiger partial charge in [-0.2, -0.15) is 0 Å². The first-order valence-corrected chi connectivity index (χ1v) is 7.20. The number of benzene rings is 2. The fourth-order valence-corrected chi connectivity index (χ4v) is 3.04. The summed E-state index contributed by atoms with van der Waals surface area (Å²) in [4.78, 5) is 14.3. The maximum absolute atomic E-state index is 12.3. The van der Waals surface area contributed by atoms with E-state index in [0.29, 0.717) is 6.54 Å². The molecular weight excluding hydrogens is 246 g/mol. The van der Waals surface area contributed by atoms with Crippen molar-refractivity contribution in [3.8, 4) is 0 Å². The molecule has 1 aliphatic heterocycles. The van der Waals surface area contributed by atoms with E-state index in [1.54, 1.807) is 0 Å². The molecule has 1 fully saturated rings. The predicted octanol–water partition coefficient (Wildman–Crippen LogP) is 3.80. The molecule has 2 nitrogen and oxygen atoms in total. The molecule has 2 aromatic carbocycles. The van der Waals surface area contributed by atoms with Gasteiger partial charge in [0.05, 0.1) is 12.0 Å². The normalized spacial score (nSPS) is 21.6. The third kappa shape index (κ3) is 2.22. The van der Waals surface area contributed by atoms with Gasteiger partial charge < -0.3 is 4.90 Å². The summed E-state index contributed by atoms with van der Waals surface area (Å²) in [7, 11) is 0. The van der Waals surface area contributed by atoms with E-state index in [1.807, 2.05) is 41.3 Å². The number of hydrogen-bond donors (Lipinski definition) is 0. The summed E-state index contributed by atoms with van der Waals surface area (Å²) in [5.74, 6) is 0.423. The van der Waals surface area contributed by atoms with E-state index in [1.165, 1.54) is 11.1 Å². The minimum Gasteiger partial charge on any atom is -0.330 e. The standard InChI is InChI=1S/C18H19NO/c1-2-16-17(15-11-7-4-8-12-15)19(18(16)20)13-14-9-5-3-6-10-14/h3-12,16-17H,2,13H2,1H3/t16-,17+/m0/s1. The molecule has 0 aliphatic carbocycles. The topological polar surface area (TPSA) is 20.3 Å². The molecule has 1 heterocycles. The van der Waals surface area contributed by atoms with E-state index < -0.39 is 0 Å². The Morgan fingerprint density at radius 2 is 1.55 bits per heavy atom. The third-order valence-electron chi connectivity index (χ3n) is 4.09. The Morgan fingerprint density at radius 3 is 2.15 bits per heavy atom. The maximum atomic E-state index is 12.3. The van der Waals surface area contributed by atoms with Gasteiger partial charge in [-0.25, -0.2) is 0 Å². The van der Waals surface area contributed by atoms with Gasteiger partial charge in [0.25, 0.3) is 0 Å². The number of nitrogens with zero attached hydrogens (tertiary/aromatic N) is 1. The van der Waals surface area contributed by atoms with Crippen molar-refractivity contribution in [3.63, 3.8) is 0 Å². The Kier molecular flexibility index (Phi) is 3.55. The van der Waals surface area contributed by atoms with Crippen LogP contribution in [0.4, 0.5) is 0 Å². The summed E-state index contributed by atoms with van der Waals surface area (Å²) >= 11 is 0. The molecule has 2 atom stereocenters. The lowest BCUT2D eigenvalue weighted by Crippen LogP contribution is -2.53. The fraction of sp³-hybridized carbons (Fsp3) is 0.278. The molecule has 0 saturated carbocycles. The molecule has 20 heavy (non-hydrogen) atoms. The quantitative estimate of drug-likeness (QED) is 0.770. The van der Waals surface area contributed by atoms with E-state index in [9.17, 15) is 4.79 Å².